The number of carbonyl (C=O) groups excluding carboxylic acids is 2. The van der Waals surface area contributed by atoms with Gasteiger partial charge in [0.15, 0.2) is 0 Å². The summed E-state index contributed by atoms with van der Waals surface area (Å²) < 4.78 is 4.69. The average molecular weight is 290 g/mol. The van der Waals surface area contributed by atoms with E-state index in [4.69, 9.17) is 5.53 Å². The predicted molar refractivity (Wildman–Crippen MR) is 79.0 cm³/mol. The summed E-state index contributed by atoms with van der Waals surface area (Å²) in [7, 11) is 1.30. The Morgan fingerprint density at radius 2 is 2.14 bits per heavy atom. The third-order valence-corrected chi connectivity index (χ3v) is 2.83. The van der Waals surface area contributed by atoms with Gasteiger partial charge in [0.2, 0.25) is 5.91 Å². The van der Waals surface area contributed by atoms with Crippen LogP contribution in [0, 0.1) is 6.92 Å². The number of hydrogen-bond acceptors (Lipinski definition) is 4. The summed E-state index contributed by atoms with van der Waals surface area (Å²) in [5.41, 5.74) is 9.84. The Balaban J connectivity index is 2.64. The van der Waals surface area contributed by atoms with E-state index in [1.54, 1.807) is 18.2 Å². The number of anilines is 1. The summed E-state index contributed by atoms with van der Waals surface area (Å²) in [6.07, 6.45) is 1.56. The number of ether oxygens (including phenoxy) is 1. The normalized spacial score (nSPS) is 9.62. The van der Waals surface area contributed by atoms with Crippen molar-refractivity contribution < 1.29 is 14.3 Å². The standard InChI is InChI=1S/C14H18N4O3/c1-10-6-7-11(14(20)21-2)12(9-10)17-13(19)5-3-4-8-16-18-15/h6-7,9H,3-5,8H2,1-2H3,(H,17,19). The Morgan fingerprint density at radius 3 is 2.81 bits per heavy atom. The molecule has 0 unspecified atom stereocenters. The van der Waals surface area contributed by atoms with Gasteiger partial charge in [0.25, 0.3) is 0 Å². The predicted octanol–water partition coefficient (Wildman–Crippen LogP) is 3.20. The molecule has 0 aliphatic heterocycles. The zero-order chi connectivity index (χ0) is 15.7. The number of nitrogens with zero attached hydrogens (tertiary/aromatic N) is 3. The lowest BCUT2D eigenvalue weighted by molar-refractivity contribution is -0.116. The first-order valence-corrected chi connectivity index (χ1v) is 6.58. The van der Waals surface area contributed by atoms with Crippen LogP contribution < -0.4 is 5.32 Å². The van der Waals surface area contributed by atoms with Crippen LogP contribution in [0.2, 0.25) is 0 Å². The number of hydrogen-bond donors (Lipinski definition) is 1. The second-order valence-electron chi connectivity index (χ2n) is 4.50. The van der Waals surface area contributed by atoms with Gasteiger partial charge in [-0.05, 0) is 43.0 Å². The topological polar surface area (TPSA) is 104 Å². The first kappa shape index (κ1) is 16.5. The van der Waals surface area contributed by atoms with Crippen LogP contribution in [0.1, 0.15) is 35.2 Å². The van der Waals surface area contributed by atoms with Gasteiger partial charge >= 0.3 is 5.97 Å². The molecule has 112 valence electrons. The molecule has 0 aliphatic rings. The van der Waals surface area contributed by atoms with E-state index in [0.29, 0.717) is 37.1 Å². The van der Waals surface area contributed by atoms with Crippen molar-refractivity contribution in [2.24, 2.45) is 5.11 Å². The highest BCUT2D eigenvalue weighted by molar-refractivity contribution is 6.01. The van der Waals surface area contributed by atoms with Gasteiger partial charge < -0.3 is 10.1 Å². The number of rotatable bonds is 7. The maximum atomic E-state index is 11.9. The van der Waals surface area contributed by atoms with E-state index in [1.165, 1.54) is 7.11 Å². The molecule has 1 aromatic carbocycles. The van der Waals surface area contributed by atoms with Crippen LogP contribution in [0.25, 0.3) is 10.4 Å². The zero-order valence-corrected chi connectivity index (χ0v) is 12.1. The Labute approximate surface area is 122 Å². The maximum Gasteiger partial charge on any atom is 0.339 e. The number of benzene rings is 1. The smallest absolute Gasteiger partial charge is 0.339 e. The van der Waals surface area contributed by atoms with Gasteiger partial charge in [-0.15, -0.1) is 0 Å². The van der Waals surface area contributed by atoms with Gasteiger partial charge in [-0.2, -0.15) is 0 Å². The quantitative estimate of drug-likeness (QED) is 0.274. The Hall–Kier alpha value is -2.53. The Bertz CT molecular complexity index is 565. The lowest BCUT2D eigenvalue weighted by Gasteiger charge is -2.10. The molecule has 0 fully saturated rings. The van der Waals surface area contributed by atoms with Crippen molar-refractivity contribution in [3.8, 4) is 0 Å². The Kier molecular flexibility index (Phi) is 6.77. The molecule has 7 heteroatoms. The van der Waals surface area contributed by atoms with Crippen LogP contribution in [-0.2, 0) is 9.53 Å². The summed E-state index contributed by atoms with van der Waals surface area (Å²) in [6, 6.07) is 5.13. The molecule has 0 saturated carbocycles. The lowest BCUT2D eigenvalue weighted by Crippen LogP contribution is -2.15. The van der Waals surface area contributed by atoms with E-state index in [-0.39, 0.29) is 5.91 Å². The minimum atomic E-state index is -0.492. The highest BCUT2D eigenvalue weighted by Gasteiger charge is 2.13. The highest BCUT2D eigenvalue weighted by Crippen LogP contribution is 2.19. The molecule has 1 N–H and O–H groups in total. The molecule has 0 aromatic heterocycles. The van der Waals surface area contributed by atoms with E-state index in [0.717, 1.165) is 5.56 Å². The van der Waals surface area contributed by atoms with E-state index >= 15 is 0 Å². The molecule has 0 saturated heterocycles. The van der Waals surface area contributed by atoms with Crippen LogP contribution in [-0.4, -0.2) is 25.5 Å². The van der Waals surface area contributed by atoms with Crippen LogP contribution in [0.5, 0.6) is 0 Å². The van der Waals surface area contributed by atoms with Crippen LogP contribution in [0.15, 0.2) is 23.3 Å². The number of aryl methyl sites for hydroxylation is 1. The first-order chi connectivity index (χ1) is 10.1. The van der Waals surface area contributed by atoms with Crippen molar-refractivity contribution in [3.63, 3.8) is 0 Å². The second-order valence-corrected chi connectivity index (χ2v) is 4.50. The molecule has 1 aromatic rings. The minimum absolute atomic E-state index is 0.188. The molecular formula is C14H18N4O3. The van der Waals surface area contributed by atoms with Gasteiger partial charge in [-0.1, -0.05) is 11.2 Å². The summed E-state index contributed by atoms with van der Waals surface area (Å²) in [6.45, 7) is 2.25. The van der Waals surface area contributed by atoms with Gasteiger partial charge in [-0.3, -0.25) is 4.79 Å². The average Bonchev–Trinajstić information content (AvgIpc) is 2.46. The second kappa shape index (κ2) is 8.60. The molecule has 0 aliphatic carbocycles. The van der Waals surface area contributed by atoms with Crippen LogP contribution >= 0.6 is 0 Å². The molecule has 0 radical (unpaired) electrons. The summed E-state index contributed by atoms with van der Waals surface area (Å²) in [5.74, 6) is -0.680. The number of esters is 1. The zero-order valence-electron chi connectivity index (χ0n) is 12.1. The number of methoxy groups -OCH3 is 1. The van der Waals surface area contributed by atoms with Gasteiger partial charge in [0.1, 0.15) is 0 Å². The molecule has 21 heavy (non-hydrogen) atoms. The SMILES string of the molecule is COC(=O)c1ccc(C)cc1NC(=O)CCCCN=[N+]=[N-]. The molecule has 0 heterocycles. The van der Waals surface area contributed by atoms with Crippen LogP contribution in [0.3, 0.4) is 0 Å². The molecule has 0 bridgehead atoms. The fraction of sp³-hybridized carbons (Fsp3) is 0.429. The van der Waals surface area contributed by atoms with E-state index in [9.17, 15) is 9.59 Å². The van der Waals surface area contributed by atoms with Crippen molar-refractivity contribution >= 4 is 17.6 Å². The molecule has 0 spiro atoms. The number of carbonyl (C=O) groups is 2. The molecule has 1 rings (SSSR count). The van der Waals surface area contributed by atoms with Crippen molar-refractivity contribution in [1.82, 2.24) is 0 Å². The fourth-order valence-corrected chi connectivity index (χ4v) is 1.77. The van der Waals surface area contributed by atoms with E-state index in [2.05, 4.69) is 20.1 Å². The lowest BCUT2D eigenvalue weighted by atomic mass is 10.1. The molecule has 1 amide bonds. The maximum absolute atomic E-state index is 11.9. The summed E-state index contributed by atoms with van der Waals surface area (Å²) in [4.78, 5) is 26.1. The molecular weight excluding hydrogens is 272 g/mol. The van der Waals surface area contributed by atoms with Crippen molar-refractivity contribution in [3.05, 3.63) is 39.8 Å². The van der Waals surface area contributed by atoms with Crippen molar-refractivity contribution in [1.29, 1.82) is 0 Å². The number of azide groups is 1. The number of amides is 1. The monoisotopic (exact) mass is 290 g/mol. The van der Waals surface area contributed by atoms with Crippen molar-refractivity contribution in [2.75, 3.05) is 19.0 Å². The third-order valence-electron chi connectivity index (χ3n) is 2.83. The number of unbranched alkanes of at least 4 members (excludes halogenated alkanes) is 1. The third kappa shape index (κ3) is 5.54. The van der Waals surface area contributed by atoms with Gasteiger partial charge in [0, 0.05) is 17.9 Å². The Morgan fingerprint density at radius 1 is 1.38 bits per heavy atom. The molecule has 0 atom stereocenters. The van der Waals surface area contributed by atoms with Crippen LogP contribution in [0.4, 0.5) is 5.69 Å². The van der Waals surface area contributed by atoms with Gasteiger partial charge in [0.05, 0.1) is 18.4 Å². The summed E-state index contributed by atoms with van der Waals surface area (Å²) in [5, 5.41) is 6.11. The minimum Gasteiger partial charge on any atom is -0.465 e. The van der Waals surface area contributed by atoms with Gasteiger partial charge in [-0.25, -0.2) is 4.79 Å². The molecule has 7 nitrogen and oxygen atoms in total. The van der Waals surface area contributed by atoms with E-state index < -0.39 is 5.97 Å². The van der Waals surface area contributed by atoms with E-state index in [1.807, 2.05) is 6.92 Å². The summed E-state index contributed by atoms with van der Waals surface area (Å²) >= 11 is 0. The first-order valence-electron chi connectivity index (χ1n) is 6.58. The fourth-order valence-electron chi connectivity index (χ4n) is 1.77. The highest BCUT2D eigenvalue weighted by atomic mass is 16.5. The van der Waals surface area contributed by atoms with Crippen molar-refractivity contribution in [2.45, 2.75) is 26.2 Å². The largest absolute Gasteiger partial charge is 0.465 e. The number of nitrogens with one attached hydrogen (secondary N) is 1.